The third kappa shape index (κ3) is 2.55. The molecule has 2 aromatic heterocycles. The van der Waals surface area contributed by atoms with Crippen molar-refractivity contribution in [3.8, 4) is 5.75 Å². The Kier molecular flexibility index (Phi) is 4.72. The van der Waals surface area contributed by atoms with Crippen molar-refractivity contribution in [1.29, 1.82) is 0 Å². The molecule has 0 aromatic carbocycles. The van der Waals surface area contributed by atoms with E-state index in [1.807, 2.05) is 11.7 Å². The van der Waals surface area contributed by atoms with Crippen LogP contribution in [-0.4, -0.2) is 33.5 Å². The molecule has 2 rings (SSSR count). The van der Waals surface area contributed by atoms with Gasteiger partial charge in [-0.2, -0.15) is 5.10 Å². The second kappa shape index (κ2) is 6.32. The number of rotatable bonds is 6. The molecule has 110 valence electrons. The first kappa shape index (κ1) is 14.9. The highest BCUT2D eigenvalue weighted by Crippen LogP contribution is 2.34. The lowest BCUT2D eigenvalue weighted by Gasteiger charge is -2.19. The maximum Gasteiger partial charge on any atom is 0.161 e. The van der Waals surface area contributed by atoms with Gasteiger partial charge < -0.3 is 10.1 Å². The number of nitrogens with zero attached hydrogens (tertiary/aromatic N) is 4. The first-order valence-corrected chi connectivity index (χ1v) is 7.50. The van der Waals surface area contributed by atoms with Crippen LogP contribution in [0.2, 0.25) is 0 Å². The van der Waals surface area contributed by atoms with Gasteiger partial charge in [0.15, 0.2) is 5.75 Å². The van der Waals surface area contributed by atoms with Gasteiger partial charge in [0.25, 0.3) is 0 Å². The molecule has 1 atom stereocenters. The van der Waals surface area contributed by atoms with Crippen molar-refractivity contribution in [2.45, 2.75) is 39.3 Å². The number of aromatic nitrogens is 4. The van der Waals surface area contributed by atoms with Gasteiger partial charge in [0.1, 0.15) is 5.69 Å². The van der Waals surface area contributed by atoms with Crippen LogP contribution in [0.15, 0.2) is 6.20 Å². The zero-order valence-corrected chi connectivity index (χ0v) is 13.4. The quantitative estimate of drug-likeness (QED) is 0.885. The predicted octanol–water partition coefficient (Wildman–Crippen LogP) is 2.20. The molecule has 20 heavy (non-hydrogen) atoms. The Hall–Kier alpha value is -1.47. The van der Waals surface area contributed by atoms with Crippen LogP contribution < -0.4 is 10.1 Å². The van der Waals surface area contributed by atoms with Gasteiger partial charge in [-0.1, -0.05) is 18.3 Å². The van der Waals surface area contributed by atoms with E-state index < -0.39 is 0 Å². The van der Waals surface area contributed by atoms with Crippen LogP contribution in [0.3, 0.4) is 0 Å². The second-order valence-corrected chi connectivity index (χ2v) is 5.60. The molecular weight excluding hydrogens is 274 g/mol. The number of hydrogen-bond acceptors (Lipinski definition) is 6. The molecule has 0 aliphatic carbocycles. The lowest BCUT2D eigenvalue weighted by atomic mass is 10.0. The largest absolute Gasteiger partial charge is 0.493 e. The average molecular weight is 295 g/mol. The lowest BCUT2D eigenvalue weighted by Crippen LogP contribution is -2.22. The van der Waals surface area contributed by atoms with Gasteiger partial charge in [0.05, 0.1) is 29.9 Å². The van der Waals surface area contributed by atoms with Crippen LogP contribution in [0.5, 0.6) is 5.75 Å². The molecule has 0 saturated heterocycles. The smallest absolute Gasteiger partial charge is 0.161 e. The summed E-state index contributed by atoms with van der Waals surface area (Å²) in [5.74, 6) is 1.12. The van der Waals surface area contributed by atoms with E-state index >= 15 is 0 Å². The van der Waals surface area contributed by atoms with Crippen molar-refractivity contribution in [2.75, 3.05) is 14.2 Å². The second-order valence-electron chi connectivity index (χ2n) is 4.81. The minimum absolute atomic E-state index is 0.00944. The summed E-state index contributed by atoms with van der Waals surface area (Å²) in [7, 11) is 3.60. The highest BCUT2D eigenvalue weighted by molar-refractivity contribution is 7.05. The Labute approximate surface area is 123 Å². The van der Waals surface area contributed by atoms with Gasteiger partial charge in [0.2, 0.25) is 0 Å². The summed E-state index contributed by atoms with van der Waals surface area (Å²) >= 11 is 1.43. The van der Waals surface area contributed by atoms with Gasteiger partial charge in [-0.3, -0.25) is 4.68 Å². The average Bonchev–Trinajstić information content (AvgIpc) is 3.06. The Bertz CT molecular complexity index is 541. The van der Waals surface area contributed by atoms with Crippen molar-refractivity contribution >= 4 is 11.5 Å². The summed E-state index contributed by atoms with van der Waals surface area (Å²) in [6, 6.07) is -0.00944. The molecule has 7 heteroatoms. The summed E-state index contributed by atoms with van der Waals surface area (Å²) in [5, 5.41) is 12.0. The highest BCUT2D eigenvalue weighted by Gasteiger charge is 2.27. The molecule has 1 N–H and O–H groups in total. The number of nitrogens with one attached hydrogen (secondary N) is 1. The van der Waals surface area contributed by atoms with Gasteiger partial charge in [-0.15, -0.1) is 5.10 Å². The Morgan fingerprint density at radius 2 is 2.20 bits per heavy atom. The topological polar surface area (TPSA) is 64.9 Å². The Balaban J connectivity index is 2.52. The fraction of sp³-hybridized carbons (Fsp3) is 0.615. The lowest BCUT2D eigenvalue weighted by molar-refractivity contribution is 0.401. The molecular formula is C13H21N5OS. The Morgan fingerprint density at radius 1 is 1.45 bits per heavy atom. The van der Waals surface area contributed by atoms with Gasteiger partial charge in [0, 0.05) is 6.54 Å². The van der Waals surface area contributed by atoms with Crippen molar-refractivity contribution in [3.05, 3.63) is 22.5 Å². The fourth-order valence-electron chi connectivity index (χ4n) is 2.28. The van der Waals surface area contributed by atoms with E-state index in [2.05, 4.69) is 40.8 Å². The molecule has 0 radical (unpaired) electrons. The van der Waals surface area contributed by atoms with Crippen molar-refractivity contribution in [1.82, 2.24) is 24.7 Å². The van der Waals surface area contributed by atoms with Crippen LogP contribution in [0, 0.1) is 0 Å². The molecule has 1 unspecified atom stereocenters. The third-order valence-corrected chi connectivity index (χ3v) is 4.08. The maximum atomic E-state index is 5.45. The summed E-state index contributed by atoms with van der Waals surface area (Å²) < 4.78 is 11.5. The maximum absolute atomic E-state index is 5.45. The number of ether oxygens (including phenoxy) is 1. The fourth-order valence-corrected chi connectivity index (χ4v) is 3.20. The van der Waals surface area contributed by atoms with Crippen LogP contribution in [0.4, 0.5) is 0 Å². The minimum Gasteiger partial charge on any atom is -0.493 e. The summed E-state index contributed by atoms with van der Waals surface area (Å²) in [6.07, 6.45) is 1.76. The van der Waals surface area contributed by atoms with E-state index in [4.69, 9.17) is 4.74 Å². The molecule has 0 fully saturated rings. The minimum atomic E-state index is -0.00944. The van der Waals surface area contributed by atoms with Gasteiger partial charge in [-0.05, 0) is 31.4 Å². The standard InChI is InChI=1S/C13H21N5OS/c1-6-18-12(9(19-5)7-15-18)11(14-4)13-10(8(2)3)16-17-20-13/h7-8,11,14H,6H2,1-5H3. The van der Waals surface area contributed by atoms with E-state index in [1.54, 1.807) is 13.3 Å². The number of methoxy groups -OCH3 is 1. The number of aryl methyl sites for hydroxylation is 1. The third-order valence-electron chi connectivity index (χ3n) is 3.28. The first-order chi connectivity index (χ1) is 9.63. The van der Waals surface area contributed by atoms with Crippen molar-refractivity contribution in [3.63, 3.8) is 0 Å². The van der Waals surface area contributed by atoms with Gasteiger partial charge in [-0.25, -0.2) is 0 Å². The highest BCUT2D eigenvalue weighted by atomic mass is 32.1. The van der Waals surface area contributed by atoms with E-state index in [0.29, 0.717) is 5.92 Å². The zero-order chi connectivity index (χ0) is 14.7. The molecule has 0 aliphatic heterocycles. The molecule has 2 aromatic rings. The van der Waals surface area contributed by atoms with Gasteiger partial charge >= 0.3 is 0 Å². The summed E-state index contributed by atoms with van der Waals surface area (Å²) in [4.78, 5) is 1.12. The van der Waals surface area contributed by atoms with Crippen LogP contribution in [0.25, 0.3) is 0 Å². The van der Waals surface area contributed by atoms with Crippen molar-refractivity contribution < 1.29 is 4.74 Å². The van der Waals surface area contributed by atoms with E-state index in [1.165, 1.54) is 11.5 Å². The summed E-state index contributed by atoms with van der Waals surface area (Å²) in [5.41, 5.74) is 2.05. The molecule has 0 amide bonds. The molecule has 6 nitrogen and oxygen atoms in total. The Morgan fingerprint density at radius 3 is 2.75 bits per heavy atom. The van der Waals surface area contributed by atoms with Crippen molar-refractivity contribution in [2.24, 2.45) is 0 Å². The van der Waals surface area contributed by atoms with Crippen LogP contribution >= 0.6 is 11.5 Å². The van der Waals surface area contributed by atoms with E-state index in [-0.39, 0.29) is 6.04 Å². The van der Waals surface area contributed by atoms with E-state index in [9.17, 15) is 0 Å². The predicted molar refractivity (Wildman–Crippen MR) is 79.4 cm³/mol. The zero-order valence-electron chi connectivity index (χ0n) is 12.5. The normalized spacial score (nSPS) is 12.9. The molecule has 0 bridgehead atoms. The first-order valence-electron chi connectivity index (χ1n) is 6.73. The van der Waals surface area contributed by atoms with E-state index in [0.717, 1.165) is 28.6 Å². The SMILES string of the molecule is CCn1ncc(OC)c1C(NC)c1snnc1C(C)C. The molecule has 0 saturated carbocycles. The monoisotopic (exact) mass is 295 g/mol. The van der Waals surface area contributed by atoms with Crippen LogP contribution in [-0.2, 0) is 6.54 Å². The van der Waals surface area contributed by atoms with Crippen LogP contribution in [0.1, 0.15) is 49.0 Å². The molecule has 0 spiro atoms. The molecule has 0 aliphatic rings. The summed E-state index contributed by atoms with van der Waals surface area (Å²) in [6.45, 7) is 7.11. The number of hydrogen-bond donors (Lipinski definition) is 1. The molecule has 2 heterocycles.